The molecule has 0 atom stereocenters. The molecule has 1 saturated heterocycles. The van der Waals surface area contributed by atoms with Crippen LogP contribution in [0.2, 0.25) is 0 Å². The normalized spacial score (nSPS) is 14.6. The van der Waals surface area contributed by atoms with Gasteiger partial charge in [-0.2, -0.15) is 0 Å². The topological polar surface area (TPSA) is 74.8 Å². The summed E-state index contributed by atoms with van der Waals surface area (Å²) in [5.41, 5.74) is 2.09. The van der Waals surface area contributed by atoms with Crippen LogP contribution in [0, 0.1) is 0 Å². The van der Waals surface area contributed by atoms with Crippen LogP contribution in [0.4, 0.5) is 10.5 Å². The smallest absolute Gasteiger partial charge is 0.339 e. The lowest BCUT2D eigenvalue weighted by molar-refractivity contribution is 0.0602. The molecule has 2 heterocycles. The number of nitrogens with one attached hydrogen (secondary N) is 1. The maximum Gasteiger partial charge on any atom is 0.339 e. The third-order valence-corrected chi connectivity index (χ3v) is 4.70. The lowest BCUT2D eigenvalue weighted by Gasteiger charge is -2.34. The van der Waals surface area contributed by atoms with Crippen molar-refractivity contribution in [2.75, 3.05) is 45.2 Å². The minimum atomic E-state index is -0.466. The number of carbonyl (C=O) groups excluding carboxylic acids is 2. The molecule has 3 rings (SSSR count). The quantitative estimate of drug-likeness (QED) is 0.820. The molecular formula is C20H24N4O3. The number of esters is 1. The molecule has 7 nitrogen and oxygen atoms in total. The lowest BCUT2D eigenvalue weighted by Crippen LogP contribution is -2.50. The number of para-hydroxylation sites is 1. The van der Waals surface area contributed by atoms with Gasteiger partial charge in [-0.05, 0) is 36.2 Å². The van der Waals surface area contributed by atoms with Crippen LogP contribution in [0.5, 0.6) is 0 Å². The van der Waals surface area contributed by atoms with Gasteiger partial charge in [0.15, 0.2) is 0 Å². The van der Waals surface area contributed by atoms with E-state index >= 15 is 0 Å². The van der Waals surface area contributed by atoms with Crippen LogP contribution >= 0.6 is 0 Å². The minimum absolute atomic E-state index is 0.194. The van der Waals surface area contributed by atoms with Gasteiger partial charge in [0, 0.05) is 45.1 Å². The van der Waals surface area contributed by atoms with Crippen LogP contribution in [0.3, 0.4) is 0 Å². The summed E-state index contributed by atoms with van der Waals surface area (Å²) in [6.07, 6.45) is 4.59. The number of pyridine rings is 1. The van der Waals surface area contributed by atoms with Crippen molar-refractivity contribution >= 4 is 17.7 Å². The van der Waals surface area contributed by atoms with Crippen LogP contribution in [0.15, 0.2) is 48.8 Å². The first kappa shape index (κ1) is 18.8. The molecule has 2 aromatic rings. The Kier molecular flexibility index (Phi) is 6.38. The number of aromatic nitrogens is 1. The summed E-state index contributed by atoms with van der Waals surface area (Å²) in [5.74, 6) is -0.466. The Bertz CT molecular complexity index is 774. The van der Waals surface area contributed by atoms with E-state index in [0.29, 0.717) is 24.3 Å². The Morgan fingerprint density at radius 3 is 2.48 bits per heavy atom. The van der Waals surface area contributed by atoms with E-state index in [1.165, 1.54) is 12.7 Å². The SMILES string of the molecule is COC(=O)c1ccccc1NC(=O)N1CCN(CCc2ccncc2)CC1. The van der Waals surface area contributed by atoms with Gasteiger partial charge >= 0.3 is 12.0 Å². The second-order valence-electron chi connectivity index (χ2n) is 6.40. The van der Waals surface area contributed by atoms with E-state index in [0.717, 1.165) is 26.1 Å². The summed E-state index contributed by atoms with van der Waals surface area (Å²) >= 11 is 0. The Labute approximate surface area is 158 Å². The van der Waals surface area contributed by atoms with Crippen LogP contribution in [-0.4, -0.2) is 66.6 Å². The van der Waals surface area contributed by atoms with Gasteiger partial charge in [0.1, 0.15) is 0 Å². The Balaban J connectivity index is 1.50. The molecule has 0 unspecified atom stereocenters. The lowest BCUT2D eigenvalue weighted by atomic mass is 10.2. The van der Waals surface area contributed by atoms with E-state index in [4.69, 9.17) is 4.74 Å². The first-order valence-corrected chi connectivity index (χ1v) is 9.02. The molecule has 0 bridgehead atoms. The number of hydrogen-bond acceptors (Lipinski definition) is 5. The van der Waals surface area contributed by atoms with Crippen molar-refractivity contribution < 1.29 is 14.3 Å². The first-order valence-electron chi connectivity index (χ1n) is 9.02. The molecule has 1 aliphatic rings. The van der Waals surface area contributed by atoms with Crippen molar-refractivity contribution in [3.63, 3.8) is 0 Å². The second-order valence-corrected chi connectivity index (χ2v) is 6.40. The van der Waals surface area contributed by atoms with Crippen molar-refractivity contribution in [3.05, 3.63) is 59.9 Å². The number of benzene rings is 1. The van der Waals surface area contributed by atoms with Gasteiger partial charge < -0.3 is 15.0 Å². The number of piperazine rings is 1. The number of ether oxygens (including phenoxy) is 1. The Hall–Kier alpha value is -2.93. The van der Waals surface area contributed by atoms with Gasteiger partial charge in [-0.1, -0.05) is 12.1 Å². The molecule has 142 valence electrons. The summed E-state index contributed by atoms with van der Waals surface area (Å²) in [4.78, 5) is 32.5. The summed E-state index contributed by atoms with van der Waals surface area (Å²) < 4.78 is 4.77. The van der Waals surface area contributed by atoms with E-state index in [2.05, 4.69) is 15.2 Å². The monoisotopic (exact) mass is 368 g/mol. The van der Waals surface area contributed by atoms with Crippen molar-refractivity contribution in [2.24, 2.45) is 0 Å². The average Bonchev–Trinajstić information content (AvgIpc) is 2.73. The summed E-state index contributed by atoms with van der Waals surface area (Å²) in [6, 6.07) is 10.7. The van der Waals surface area contributed by atoms with E-state index < -0.39 is 5.97 Å². The number of urea groups is 1. The van der Waals surface area contributed by atoms with Crippen LogP contribution < -0.4 is 5.32 Å². The number of hydrogen-bond donors (Lipinski definition) is 1. The number of amides is 2. The number of anilines is 1. The third kappa shape index (κ3) is 5.04. The second kappa shape index (κ2) is 9.14. The zero-order valence-corrected chi connectivity index (χ0v) is 15.4. The summed E-state index contributed by atoms with van der Waals surface area (Å²) in [5, 5.41) is 2.83. The molecule has 1 aromatic heterocycles. The molecule has 0 aliphatic carbocycles. The molecular weight excluding hydrogens is 344 g/mol. The average molecular weight is 368 g/mol. The van der Waals surface area contributed by atoms with Crippen molar-refractivity contribution in [1.82, 2.24) is 14.8 Å². The molecule has 0 saturated carbocycles. The molecule has 27 heavy (non-hydrogen) atoms. The van der Waals surface area contributed by atoms with Gasteiger partial charge in [-0.3, -0.25) is 9.88 Å². The number of rotatable bonds is 5. The fourth-order valence-electron chi connectivity index (χ4n) is 3.09. The highest BCUT2D eigenvalue weighted by molar-refractivity contribution is 6.00. The van der Waals surface area contributed by atoms with E-state index in [9.17, 15) is 9.59 Å². The fraction of sp³-hybridized carbons (Fsp3) is 0.350. The zero-order chi connectivity index (χ0) is 19.1. The molecule has 1 N–H and O–H groups in total. The van der Waals surface area contributed by atoms with Gasteiger partial charge in [0.05, 0.1) is 18.4 Å². The molecule has 0 radical (unpaired) electrons. The first-order chi connectivity index (χ1) is 13.2. The summed E-state index contributed by atoms with van der Waals surface area (Å²) in [7, 11) is 1.33. The molecule has 2 amide bonds. The van der Waals surface area contributed by atoms with Gasteiger partial charge in [0.2, 0.25) is 0 Å². The predicted molar refractivity (Wildman–Crippen MR) is 103 cm³/mol. The van der Waals surface area contributed by atoms with Crippen LogP contribution in [-0.2, 0) is 11.2 Å². The standard InChI is InChI=1S/C20H24N4O3/c1-27-19(25)17-4-2-3-5-18(17)22-20(26)24-14-12-23(13-15-24)11-8-16-6-9-21-10-7-16/h2-7,9-10H,8,11-15H2,1H3,(H,22,26). The fourth-order valence-corrected chi connectivity index (χ4v) is 3.09. The third-order valence-electron chi connectivity index (χ3n) is 4.70. The number of nitrogens with zero attached hydrogens (tertiary/aromatic N) is 3. The maximum atomic E-state index is 12.6. The minimum Gasteiger partial charge on any atom is -0.465 e. The zero-order valence-electron chi connectivity index (χ0n) is 15.4. The van der Waals surface area contributed by atoms with Crippen molar-refractivity contribution in [1.29, 1.82) is 0 Å². The van der Waals surface area contributed by atoms with Gasteiger partial charge in [-0.15, -0.1) is 0 Å². The highest BCUT2D eigenvalue weighted by Gasteiger charge is 2.22. The Morgan fingerprint density at radius 2 is 1.78 bits per heavy atom. The number of carbonyl (C=O) groups is 2. The molecule has 1 aromatic carbocycles. The highest BCUT2D eigenvalue weighted by atomic mass is 16.5. The Morgan fingerprint density at radius 1 is 1.07 bits per heavy atom. The van der Waals surface area contributed by atoms with Gasteiger partial charge in [0.25, 0.3) is 0 Å². The maximum absolute atomic E-state index is 12.6. The van der Waals surface area contributed by atoms with Crippen LogP contribution in [0.25, 0.3) is 0 Å². The van der Waals surface area contributed by atoms with Crippen LogP contribution in [0.1, 0.15) is 15.9 Å². The van der Waals surface area contributed by atoms with Gasteiger partial charge in [-0.25, -0.2) is 9.59 Å². The van der Waals surface area contributed by atoms with E-state index in [1.807, 2.05) is 24.5 Å². The molecule has 0 spiro atoms. The largest absolute Gasteiger partial charge is 0.465 e. The van der Waals surface area contributed by atoms with E-state index in [-0.39, 0.29) is 6.03 Å². The van der Waals surface area contributed by atoms with E-state index in [1.54, 1.807) is 29.2 Å². The van der Waals surface area contributed by atoms with Crippen molar-refractivity contribution in [3.8, 4) is 0 Å². The summed E-state index contributed by atoms with van der Waals surface area (Å²) in [6.45, 7) is 3.93. The highest BCUT2D eigenvalue weighted by Crippen LogP contribution is 2.17. The van der Waals surface area contributed by atoms with Crippen molar-refractivity contribution in [2.45, 2.75) is 6.42 Å². The predicted octanol–water partition coefficient (Wildman–Crippen LogP) is 2.26. The number of methoxy groups -OCH3 is 1. The molecule has 1 fully saturated rings. The molecule has 7 heteroatoms. The molecule has 1 aliphatic heterocycles.